The van der Waals surface area contributed by atoms with Crippen molar-refractivity contribution in [2.24, 2.45) is 0 Å². The zero-order valence-electron chi connectivity index (χ0n) is 7.72. The summed E-state index contributed by atoms with van der Waals surface area (Å²) < 4.78 is 17.8. The number of alkyl halides is 1. The molecular weight excluding hydrogens is 251 g/mol. The molecule has 0 amide bonds. The van der Waals surface area contributed by atoms with Gasteiger partial charge in [-0.25, -0.2) is 4.39 Å². The van der Waals surface area contributed by atoms with E-state index in [1.165, 1.54) is 6.92 Å². The van der Waals surface area contributed by atoms with Crippen LogP contribution in [-0.2, 0) is 0 Å². The van der Waals surface area contributed by atoms with Crippen molar-refractivity contribution in [1.82, 2.24) is 0 Å². The number of carbonyl (C=O) groups excluding carboxylic acids is 1. The minimum absolute atomic E-state index is 0.0310. The van der Waals surface area contributed by atoms with Crippen LogP contribution in [0, 0.1) is 0 Å². The zero-order chi connectivity index (χ0) is 10.6. The summed E-state index contributed by atoms with van der Waals surface area (Å²) in [6.07, 6.45) is 0. The molecule has 0 spiro atoms. The van der Waals surface area contributed by atoms with Crippen LogP contribution in [0.3, 0.4) is 0 Å². The van der Waals surface area contributed by atoms with Gasteiger partial charge in [0.1, 0.15) is 19.0 Å². The Morgan fingerprint density at radius 3 is 2.86 bits per heavy atom. The van der Waals surface area contributed by atoms with Crippen molar-refractivity contribution in [2.45, 2.75) is 6.92 Å². The van der Waals surface area contributed by atoms with Gasteiger partial charge in [-0.15, -0.1) is 0 Å². The zero-order valence-corrected chi connectivity index (χ0v) is 9.30. The van der Waals surface area contributed by atoms with Gasteiger partial charge in [-0.1, -0.05) is 15.9 Å². The Morgan fingerprint density at radius 2 is 2.29 bits per heavy atom. The highest BCUT2D eigenvalue weighted by Gasteiger charge is 2.08. The molecule has 0 aliphatic carbocycles. The molecule has 0 unspecified atom stereocenters. The summed E-state index contributed by atoms with van der Waals surface area (Å²) in [5.74, 6) is 0.330. The second-order valence-electron chi connectivity index (χ2n) is 2.73. The average molecular weight is 261 g/mol. The Hall–Kier alpha value is -0.900. The molecule has 0 atom stereocenters. The van der Waals surface area contributed by atoms with Crippen LogP contribution in [0.5, 0.6) is 5.75 Å². The van der Waals surface area contributed by atoms with Crippen molar-refractivity contribution in [3.05, 3.63) is 28.2 Å². The lowest BCUT2D eigenvalue weighted by atomic mass is 10.1. The molecule has 14 heavy (non-hydrogen) atoms. The SMILES string of the molecule is CC(=O)c1ccc(Br)cc1OCCF. The predicted octanol–water partition coefficient (Wildman–Crippen LogP) is 3.00. The van der Waals surface area contributed by atoms with Crippen LogP contribution >= 0.6 is 15.9 Å². The van der Waals surface area contributed by atoms with Gasteiger partial charge in [-0.2, -0.15) is 0 Å². The van der Waals surface area contributed by atoms with Crippen LogP contribution < -0.4 is 4.74 Å². The summed E-state index contributed by atoms with van der Waals surface area (Å²) in [4.78, 5) is 11.2. The fraction of sp³-hybridized carbons (Fsp3) is 0.300. The molecule has 0 radical (unpaired) electrons. The van der Waals surface area contributed by atoms with E-state index in [0.29, 0.717) is 11.3 Å². The lowest BCUT2D eigenvalue weighted by molar-refractivity contribution is 0.101. The van der Waals surface area contributed by atoms with Crippen molar-refractivity contribution in [3.8, 4) is 5.75 Å². The Balaban J connectivity index is 2.97. The van der Waals surface area contributed by atoms with Gasteiger partial charge >= 0.3 is 0 Å². The van der Waals surface area contributed by atoms with E-state index in [-0.39, 0.29) is 12.4 Å². The normalized spacial score (nSPS) is 9.93. The van der Waals surface area contributed by atoms with Crippen LogP contribution in [-0.4, -0.2) is 19.1 Å². The van der Waals surface area contributed by atoms with Gasteiger partial charge in [0.05, 0.1) is 5.56 Å². The van der Waals surface area contributed by atoms with E-state index in [1.54, 1.807) is 18.2 Å². The second-order valence-corrected chi connectivity index (χ2v) is 3.65. The fourth-order valence-corrected chi connectivity index (χ4v) is 1.40. The first-order valence-corrected chi connectivity index (χ1v) is 4.93. The van der Waals surface area contributed by atoms with Gasteiger partial charge in [0.25, 0.3) is 0 Å². The van der Waals surface area contributed by atoms with Gasteiger partial charge in [0, 0.05) is 4.47 Å². The molecule has 0 aromatic heterocycles. The Morgan fingerprint density at radius 1 is 1.57 bits per heavy atom. The fourth-order valence-electron chi connectivity index (χ4n) is 1.05. The molecule has 0 fully saturated rings. The highest BCUT2D eigenvalue weighted by molar-refractivity contribution is 9.10. The molecule has 0 saturated carbocycles. The molecule has 0 N–H and O–H groups in total. The van der Waals surface area contributed by atoms with Crippen LogP contribution in [0.2, 0.25) is 0 Å². The van der Waals surface area contributed by atoms with E-state index in [2.05, 4.69) is 15.9 Å². The predicted molar refractivity (Wildman–Crippen MR) is 55.6 cm³/mol. The van der Waals surface area contributed by atoms with Crippen LogP contribution in [0.4, 0.5) is 4.39 Å². The smallest absolute Gasteiger partial charge is 0.163 e. The molecular formula is C10H10BrFO2. The average Bonchev–Trinajstić information content (AvgIpc) is 2.14. The van der Waals surface area contributed by atoms with E-state index in [9.17, 15) is 9.18 Å². The number of benzene rings is 1. The van der Waals surface area contributed by atoms with Gasteiger partial charge < -0.3 is 4.74 Å². The number of Topliss-reactive ketones (excluding diaryl/α,β-unsaturated/α-hetero) is 1. The molecule has 1 aromatic carbocycles. The molecule has 76 valence electrons. The van der Waals surface area contributed by atoms with Crippen LogP contribution in [0.25, 0.3) is 0 Å². The monoisotopic (exact) mass is 260 g/mol. The highest BCUT2D eigenvalue weighted by atomic mass is 79.9. The second kappa shape index (κ2) is 5.10. The molecule has 1 rings (SSSR count). The standard InChI is InChI=1S/C10H10BrFO2/c1-7(13)9-3-2-8(11)6-10(9)14-5-4-12/h2-3,6H,4-5H2,1H3. The first kappa shape index (κ1) is 11.2. The van der Waals surface area contributed by atoms with Crippen molar-refractivity contribution in [2.75, 3.05) is 13.3 Å². The molecule has 0 aliphatic heterocycles. The minimum atomic E-state index is -0.566. The summed E-state index contributed by atoms with van der Waals surface area (Å²) in [5.41, 5.74) is 0.474. The molecule has 1 aromatic rings. The molecule has 4 heteroatoms. The molecule has 0 bridgehead atoms. The van der Waals surface area contributed by atoms with Crippen molar-refractivity contribution in [1.29, 1.82) is 0 Å². The maximum atomic E-state index is 11.9. The number of rotatable bonds is 4. The molecule has 2 nitrogen and oxygen atoms in total. The van der Waals surface area contributed by atoms with Crippen molar-refractivity contribution >= 4 is 21.7 Å². The summed E-state index contributed by atoms with van der Waals surface area (Å²) in [5, 5.41) is 0. The summed E-state index contributed by atoms with van der Waals surface area (Å²) in [6, 6.07) is 5.06. The largest absolute Gasteiger partial charge is 0.490 e. The van der Waals surface area contributed by atoms with E-state index in [0.717, 1.165) is 4.47 Å². The number of ether oxygens (including phenoxy) is 1. The van der Waals surface area contributed by atoms with E-state index in [1.807, 2.05) is 0 Å². The minimum Gasteiger partial charge on any atom is -0.490 e. The van der Waals surface area contributed by atoms with Gasteiger partial charge in [-0.05, 0) is 25.1 Å². The summed E-state index contributed by atoms with van der Waals surface area (Å²) in [6.45, 7) is 0.853. The number of ketones is 1. The number of carbonyl (C=O) groups is 1. The first-order chi connectivity index (χ1) is 6.65. The maximum absolute atomic E-state index is 11.9. The van der Waals surface area contributed by atoms with E-state index >= 15 is 0 Å². The Kier molecular flexibility index (Phi) is 4.07. The quantitative estimate of drug-likeness (QED) is 0.779. The lowest BCUT2D eigenvalue weighted by Gasteiger charge is -2.08. The van der Waals surface area contributed by atoms with Crippen molar-refractivity contribution < 1.29 is 13.9 Å². The topological polar surface area (TPSA) is 26.3 Å². The van der Waals surface area contributed by atoms with E-state index < -0.39 is 6.67 Å². The van der Waals surface area contributed by atoms with Crippen molar-refractivity contribution in [3.63, 3.8) is 0 Å². The highest BCUT2D eigenvalue weighted by Crippen LogP contribution is 2.24. The van der Waals surface area contributed by atoms with Crippen LogP contribution in [0.1, 0.15) is 17.3 Å². The molecule has 0 heterocycles. The first-order valence-electron chi connectivity index (χ1n) is 4.14. The Labute approximate surface area is 90.2 Å². The van der Waals surface area contributed by atoms with Gasteiger partial charge in [0.15, 0.2) is 5.78 Å². The lowest BCUT2D eigenvalue weighted by Crippen LogP contribution is -2.03. The van der Waals surface area contributed by atoms with Crippen LogP contribution in [0.15, 0.2) is 22.7 Å². The summed E-state index contributed by atoms with van der Waals surface area (Å²) in [7, 11) is 0. The number of halogens is 2. The molecule has 0 aliphatic rings. The number of hydrogen-bond acceptors (Lipinski definition) is 2. The number of hydrogen-bond donors (Lipinski definition) is 0. The third-order valence-electron chi connectivity index (χ3n) is 1.66. The van der Waals surface area contributed by atoms with Gasteiger partial charge in [0.2, 0.25) is 0 Å². The maximum Gasteiger partial charge on any atom is 0.163 e. The van der Waals surface area contributed by atoms with E-state index in [4.69, 9.17) is 4.74 Å². The Bertz CT molecular complexity index is 339. The molecule has 0 saturated heterocycles. The van der Waals surface area contributed by atoms with Gasteiger partial charge in [-0.3, -0.25) is 4.79 Å². The summed E-state index contributed by atoms with van der Waals surface area (Å²) >= 11 is 3.25. The third kappa shape index (κ3) is 2.80. The third-order valence-corrected chi connectivity index (χ3v) is 2.15.